The third-order valence-electron chi connectivity index (χ3n) is 2.39. The van der Waals surface area contributed by atoms with Crippen LogP contribution in [0.5, 0.6) is 0 Å². The van der Waals surface area contributed by atoms with Gasteiger partial charge in [0.05, 0.1) is 0 Å². The van der Waals surface area contributed by atoms with E-state index in [-0.39, 0.29) is 12.3 Å². The Hall–Kier alpha value is -1.06. The molecule has 0 aliphatic carbocycles. The van der Waals surface area contributed by atoms with Gasteiger partial charge in [0.1, 0.15) is 0 Å². The number of amides is 1. The Balaban J connectivity index is 3.71. The van der Waals surface area contributed by atoms with Crippen LogP contribution in [-0.4, -0.2) is 23.5 Å². The molecule has 2 N–H and O–H groups in total. The number of carboxylic acid groups (broad SMARTS) is 1. The highest BCUT2D eigenvalue weighted by Gasteiger charge is 2.09. The fraction of sp³-hybridized carbons (Fsp3) is 0.818. The van der Waals surface area contributed by atoms with Crippen molar-refractivity contribution in [3.63, 3.8) is 0 Å². The van der Waals surface area contributed by atoms with Crippen LogP contribution in [0.2, 0.25) is 0 Å². The Bertz CT molecular complexity index is 204. The number of carbonyl (C=O) groups excluding carboxylic acids is 1. The zero-order chi connectivity index (χ0) is 11.7. The van der Waals surface area contributed by atoms with E-state index in [4.69, 9.17) is 5.11 Å². The van der Waals surface area contributed by atoms with Crippen LogP contribution in [0, 0.1) is 5.92 Å². The Morgan fingerprint density at radius 1 is 1.27 bits per heavy atom. The van der Waals surface area contributed by atoms with Gasteiger partial charge in [0, 0.05) is 19.9 Å². The van der Waals surface area contributed by atoms with Crippen LogP contribution in [0.15, 0.2) is 0 Å². The van der Waals surface area contributed by atoms with Gasteiger partial charge in [0.2, 0.25) is 5.91 Å². The molecule has 0 heterocycles. The lowest BCUT2D eigenvalue weighted by molar-refractivity contribution is -0.137. The van der Waals surface area contributed by atoms with Gasteiger partial charge >= 0.3 is 5.97 Å². The van der Waals surface area contributed by atoms with Gasteiger partial charge in [-0.1, -0.05) is 19.8 Å². The summed E-state index contributed by atoms with van der Waals surface area (Å²) in [4.78, 5) is 21.1. The lowest BCUT2D eigenvalue weighted by atomic mass is 9.94. The minimum absolute atomic E-state index is 0.0246. The summed E-state index contributed by atoms with van der Waals surface area (Å²) in [5.41, 5.74) is 0. The molecule has 0 aliphatic rings. The van der Waals surface area contributed by atoms with Gasteiger partial charge in [-0.3, -0.25) is 9.59 Å². The van der Waals surface area contributed by atoms with E-state index in [1.165, 1.54) is 6.92 Å². The van der Waals surface area contributed by atoms with E-state index in [0.29, 0.717) is 18.9 Å². The Morgan fingerprint density at radius 3 is 2.40 bits per heavy atom. The number of nitrogens with one attached hydrogen (secondary N) is 1. The molecule has 0 aromatic heterocycles. The molecule has 1 amide bonds. The molecule has 1 atom stereocenters. The maximum absolute atomic E-state index is 10.6. The summed E-state index contributed by atoms with van der Waals surface area (Å²) in [5, 5.41) is 11.3. The van der Waals surface area contributed by atoms with Crippen LogP contribution >= 0.6 is 0 Å². The third kappa shape index (κ3) is 9.25. The normalized spacial score (nSPS) is 12.1. The Morgan fingerprint density at radius 2 is 1.93 bits per heavy atom. The average molecular weight is 215 g/mol. The molecule has 0 spiro atoms. The van der Waals surface area contributed by atoms with Gasteiger partial charge in [-0.2, -0.15) is 0 Å². The number of carboxylic acids is 1. The summed E-state index contributed by atoms with van der Waals surface area (Å²) >= 11 is 0. The Labute approximate surface area is 91.1 Å². The first kappa shape index (κ1) is 13.9. The third-order valence-corrected chi connectivity index (χ3v) is 2.39. The van der Waals surface area contributed by atoms with Gasteiger partial charge in [-0.15, -0.1) is 0 Å². The maximum Gasteiger partial charge on any atom is 0.303 e. The fourth-order valence-corrected chi connectivity index (χ4v) is 1.62. The summed E-state index contributed by atoms with van der Waals surface area (Å²) in [6, 6.07) is 0. The zero-order valence-electron chi connectivity index (χ0n) is 9.58. The maximum atomic E-state index is 10.6. The van der Waals surface area contributed by atoms with E-state index < -0.39 is 5.97 Å². The van der Waals surface area contributed by atoms with Crippen LogP contribution < -0.4 is 5.32 Å². The molecule has 0 fully saturated rings. The summed E-state index contributed by atoms with van der Waals surface area (Å²) in [6.45, 7) is 4.23. The molecule has 0 radical (unpaired) electrons. The summed E-state index contributed by atoms with van der Waals surface area (Å²) < 4.78 is 0. The second kappa shape index (κ2) is 8.26. The zero-order valence-corrected chi connectivity index (χ0v) is 9.58. The van der Waals surface area contributed by atoms with E-state index in [1.807, 2.05) is 0 Å². The van der Waals surface area contributed by atoms with Crippen LogP contribution in [0.3, 0.4) is 0 Å². The number of rotatable bonds is 8. The van der Waals surface area contributed by atoms with Gasteiger partial charge in [-0.05, 0) is 18.8 Å². The second-order valence-corrected chi connectivity index (χ2v) is 3.86. The van der Waals surface area contributed by atoms with Crippen LogP contribution in [-0.2, 0) is 9.59 Å². The number of hydrogen-bond donors (Lipinski definition) is 2. The monoisotopic (exact) mass is 215 g/mol. The molecule has 0 rings (SSSR count). The van der Waals surface area contributed by atoms with Gasteiger partial charge < -0.3 is 10.4 Å². The van der Waals surface area contributed by atoms with Crippen molar-refractivity contribution in [3.8, 4) is 0 Å². The van der Waals surface area contributed by atoms with Crippen molar-refractivity contribution in [1.29, 1.82) is 0 Å². The van der Waals surface area contributed by atoms with E-state index >= 15 is 0 Å². The molecule has 0 aliphatic heterocycles. The second-order valence-electron chi connectivity index (χ2n) is 3.86. The molecule has 15 heavy (non-hydrogen) atoms. The highest BCUT2D eigenvalue weighted by Crippen LogP contribution is 2.16. The van der Waals surface area contributed by atoms with Crippen LogP contribution in [0.25, 0.3) is 0 Å². The van der Waals surface area contributed by atoms with Crippen molar-refractivity contribution in [2.45, 2.75) is 46.0 Å². The van der Waals surface area contributed by atoms with E-state index in [0.717, 1.165) is 19.3 Å². The number of carbonyl (C=O) groups is 2. The summed E-state index contributed by atoms with van der Waals surface area (Å²) in [5.74, 6) is -0.350. The van der Waals surface area contributed by atoms with Crippen molar-refractivity contribution in [1.82, 2.24) is 5.32 Å². The van der Waals surface area contributed by atoms with E-state index in [9.17, 15) is 9.59 Å². The van der Waals surface area contributed by atoms with Gasteiger partial charge in [0.25, 0.3) is 0 Å². The van der Waals surface area contributed by atoms with Gasteiger partial charge in [-0.25, -0.2) is 0 Å². The summed E-state index contributed by atoms with van der Waals surface area (Å²) in [7, 11) is 0. The molecule has 0 aromatic rings. The first-order valence-electron chi connectivity index (χ1n) is 5.52. The molecule has 1 unspecified atom stereocenters. The van der Waals surface area contributed by atoms with E-state index in [2.05, 4.69) is 12.2 Å². The predicted octanol–water partition coefficient (Wildman–Crippen LogP) is 1.79. The smallest absolute Gasteiger partial charge is 0.303 e. The standard InChI is InChI=1S/C11H21NO3/c1-3-4-10(5-6-11(14)15)7-8-12-9(2)13/h10H,3-8H2,1-2H3,(H,12,13)(H,14,15). The summed E-state index contributed by atoms with van der Waals surface area (Å²) in [6.07, 6.45) is 3.91. The molecular weight excluding hydrogens is 194 g/mol. The highest BCUT2D eigenvalue weighted by atomic mass is 16.4. The first-order chi connectivity index (χ1) is 7.06. The SMILES string of the molecule is CCCC(CCNC(C)=O)CCC(=O)O. The average Bonchev–Trinajstić information content (AvgIpc) is 2.13. The number of hydrogen-bond acceptors (Lipinski definition) is 2. The molecule has 0 bridgehead atoms. The number of aliphatic carboxylic acids is 1. The molecule has 4 nitrogen and oxygen atoms in total. The van der Waals surface area contributed by atoms with Crippen molar-refractivity contribution >= 4 is 11.9 Å². The largest absolute Gasteiger partial charge is 0.481 e. The van der Waals surface area contributed by atoms with E-state index in [1.54, 1.807) is 0 Å². The first-order valence-corrected chi connectivity index (χ1v) is 5.52. The minimum Gasteiger partial charge on any atom is -0.481 e. The Kier molecular flexibility index (Phi) is 7.68. The fourth-order valence-electron chi connectivity index (χ4n) is 1.62. The molecule has 88 valence electrons. The highest BCUT2D eigenvalue weighted by molar-refractivity contribution is 5.72. The van der Waals surface area contributed by atoms with Crippen LogP contribution in [0.1, 0.15) is 46.0 Å². The molecular formula is C11H21NO3. The lowest BCUT2D eigenvalue weighted by Crippen LogP contribution is -2.23. The predicted molar refractivity (Wildman–Crippen MR) is 58.6 cm³/mol. The van der Waals surface area contributed by atoms with Gasteiger partial charge in [0.15, 0.2) is 0 Å². The minimum atomic E-state index is -0.740. The molecule has 4 heteroatoms. The topological polar surface area (TPSA) is 66.4 Å². The van der Waals surface area contributed by atoms with Crippen molar-refractivity contribution in [2.75, 3.05) is 6.54 Å². The molecule has 0 saturated carbocycles. The quantitative estimate of drug-likeness (QED) is 0.648. The van der Waals surface area contributed by atoms with Crippen LogP contribution in [0.4, 0.5) is 0 Å². The van der Waals surface area contributed by atoms with Crippen molar-refractivity contribution in [2.24, 2.45) is 5.92 Å². The molecule has 0 aromatic carbocycles. The lowest BCUT2D eigenvalue weighted by Gasteiger charge is -2.14. The molecule has 0 saturated heterocycles. The van der Waals surface area contributed by atoms with Crippen molar-refractivity contribution in [3.05, 3.63) is 0 Å². The van der Waals surface area contributed by atoms with Crippen molar-refractivity contribution < 1.29 is 14.7 Å².